The zero-order valence-corrected chi connectivity index (χ0v) is 12.6. The largest absolute Gasteiger partial charge is 0.493 e. The van der Waals surface area contributed by atoms with E-state index in [-0.39, 0.29) is 0 Å². The number of anilines is 1. The van der Waals surface area contributed by atoms with Gasteiger partial charge in [0, 0.05) is 14.1 Å². The fourth-order valence-corrected chi connectivity index (χ4v) is 2.29. The molecule has 0 aliphatic rings. The van der Waals surface area contributed by atoms with Gasteiger partial charge in [0.2, 0.25) is 5.95 Å². The molecule has 0 radical (unpaired) electrons. The molecular weight excluding hydrogens is 258 g/mol. The third kappa shape index (κ3) is 3.44. The van der Waals surface area contributed by atoms with Gasteiger partial charge in [-0.25, -0.2) is 0 Å². The zero-order chi connectivity index (χ0) is 13.8. The molecular formula is C14H19N3OS. The van der Waals surface area contributed by atoms with E-state index in [1.54, 1.807) is 0 Å². The van der Waals surface area contributed by atoms with Gasteiger partial charge in [-0.1, -0.05) is 26.0 Å². The number of nitrogens with zero attached hydrogens (tertiary/aromatic N) is 3. The van der Waals surface area contributed by atoms with E-state index in [1.165, 1.54) is 11.5 Å². The Morgan fingerprint density at radius 2 is 2.00 bits per heavy atom. The van der Waals surface area contributed by atoms with Crippen LogP contribution in [0, 0.1) is 5.92 Å². The highest BCUT2D eigenvalue weighted by Gasteiger charge is 2.12. The summed E-state index contributed by atoms with van der Waals surface area (Å²) in [7, 11) is 3.88. The molecule has 0 atom stereocenters. The molecule has 0 saturated heterocycles. The monoisotopic (exact) mass is 277 g/mol. The van der Waals surface area contributed by atoms with Gasteiger partial charge < -0.3 is 9.64 Å². The highest BCUT2D eigenvalue weighted by Crippen LogP contribution is 2.32. The fourth-order valence-electron chi connectivity index (χ4n) is 1.53. The second kappa shape index (κ2) is 6.02. The maximum absolute atomic E-state index is 5.85. The van der Waals surface area contributed by atoms with Crippen molar-refractivity contribution in [1.29, 1.82) is 0 Å². The van der Waals surface area contributed by atoms with Gasteiger partial charge in [-0.15, -0.1) is 0 Å². The molecule has 5 heteroatoms. The minimum atomic E-state index is 0.500. The van der Waals surface area contributed by atoms with Gasteiger partial charge in [0.15, 0.2) is 0 Å². The molecule has 0 aliphatic carbocycles. The molecule has 0 unspecified atom stereocenters. The van der Waals surface area contributed by atoms with Gasteiger partial charge in [-0.05, 0) is 29.6 Å². The standard InChI is InChI=1S/C14H19N3OS/c1-10(2)9-18-12-8-6-5-7-11(12)13-15-14(16-19-13)17(3)4/h5-8,10H,9H2,1-4H3. The molecule has 2 rings (SSSR count). The SMILES string of the molecule is CC(C)COc1ccccc1-c1nc(N(C)C)ns1. The zero-order valence-electron chi connectivity index (χ0n) is 11.8. The molecule has 4 nitrogen and oxygen atoms in total. The Morgan fingerprint density at radius 1 is 1.26 bits per heavy atom. The predicted octanol–water partition coefficient (Wildman–Crippen LogP) is 3.31. The first-order chi connectivity index (χ1) is 9.08. The summed E-state index contributed by atoms with van der Waals surface area (Å²) in [6.07, 6.45) is 0. The van der Waals surface area contributed by atoms with Crippen molar-refractivity contribution in [2.45, 2.75) is 13.8 Å². The molecule has 0 fully saturated rings. The molecule has 0 amide bonds. The van der Waals surface area contributed by atoms with Crippen molar-refractivity contribution in [2.75, 3.05) is 25.6 Å². The highest BCUT2D eigenvalue weighted by molar-refractivity contribution is 7.09. The van der Waals surface area contributed by atoms with Crippen LogP contribution in [0.25, 0.3) is 10.6 Å². The van der Waals surface area contributed by atoms with Crippen LogP contribution in [0.5, 0.6) is 5.75 Å². The van der Waals surface area contributed by atoms with Crippen LogP contribution in [0.4, 0.5) is 5.95 Å². The number of rotatable bonds is 5. The fraction of sp³-hybridized carbons (Fsp3) is 0.429. The highest BCUT2D eigenvalue weighted by atomic mass is 32.1. The van der Waals surface area contributed by atoms with Gasteiger partial charge in [-0.3, -0.25) is 0 Å². The molecule has 0 N–H and O–H groups in total. The van der Waals surface area contributed by atoms with E-state index in [9.17, 15) is 0 Å². The second-order valence-electron chi connectivity index (χ2n) is 4.99. The third-order valence-electron chi connectivity index (χ3n) is 2.50. The Bertz CT molecular complexity index is 537. The smallest absolute Gasteiger partial charge is 0.237 e. The summed E-state index contributed by atoms with van der Waals surface area (Å²) in [6.45, 7) is 4.98. The van der Waals surface area contributed by atoms with Crippen molar-refractivity contribution in [3.05, 3.63) is 24.3 Å². The van der Waals surface area contributed by atoms with Gasteiger partial charge in [0.1, 0.15) is 10.8 Å². The molecule has 0 spiro atoms. The second-order valence-corrected chi connectivity index (χ2v) is 5.75. The average Bonchev–Trinajstić information content (AvgIpc) is 2.86. The van der Waals surface area contributed by atoms with Crippen LogP contribution in [0.3, 0.4) is 0 Å². The molecule has 0 bridgehead atoms. The predicted molar refractivity (Wildman–Crippen MR) is 80.0 cm³/mol. The lowest BCUT2D eigenvalue weighted by Crippen LogP contribution is -2.10. The van der Waals surface area contributed by atoms with Gasteiger partial charge in [-0.2, -0.15) is 9.36 Å². The van der Waals surface area contributed by atoms with Crippen LogP contribution in [-0.2, 0) is 0 Å². The van der Waals surface area contributed by atoms with Crippen LogP contribution in [0.1, 0.15) is 13.8 Å². The van der Waals surface area contributed by atoms with Crippen LogP contribution < -0.4 is 9.64 Å². The number of benzene rings is 1. The Kier molecular flexibility index (Phi) is 4.37. The molecule has 1 aromatic carbocycles. The van der Waals surface area contributed by atoms with Crippen molar-refractivity contribution in [2.24, 2.45) is 5.92 Å². The number of hydrogen-bond donors (Lipinski definition) is 0. The maximum atomic E-state index is 5.85. The summed E-state index contributed by atoms with van der Waals surface area (Å²) in [5.41, 5.74) is 1.01. The molecule has 2 aromatic rings. The van der Waals surface area contributed by atoms with E-state index < -0.39 is 0 Å². The van der Waals surface area contributed by atoms with Crippen molar-refractivity contribution >= 4 is 17.5 Å². The van der Waals surface area contributed by atoms with E-state index >= 15 is 0 Å². The Labute approximate surface area is 118 Å². The van der Waals surface area contributed by atoms with Gasteiger partial charge >= 0.3 is 0 Å². The van der Waals surface area contributed by atoms with Crippen molar-refractivity contribution in [3.63, 3.8) is 0 Å². The number of para-hydroxylation sites is 1. The third-order valence-corrected chi connectivity index (χ3v) is 3.24. The van der Waals surface area contributed by atoms with Gasteiger partial charge in [0.25, 0.3) is 0 Å². The Balaban J connectivity index is 2.27. The minimum Gasteiger partial charge on any atom is -0.493 e. The summed E-state index contributed by atoms with van der Waals surface area (Å²) in [5, 5.41) is 0.892. The van der Waals surface area contributed by atoms with E-state index in [0.717, 1.165) is 22.3 Å². The lowest BCUT2D eigenvalue weighted by molar-refractivity contribution is 0.272. The van der Waals surface area contributed by atoms with E-state index in [4.69, 9.17) is 4.74 Å². The van der Waals surface area contributed by atoms with Crippen molar-refractivity contribution in [3.8, 4) is 16.3 Å². The van der Waals surface area contributed by atoms with E-state index in [2.05, 4.69) is 23.2 Å². The first-order valence-electron chi connectivity index (χ1n) is 6.31. The number of hydrogen-bond acceptors (Lipinski definition) is 5. The average molecular weight is 277 g/mol. The lowest BCUT2D eigenvalue weighted by Gasteiger charge is -2.11. The van der Waals surface area contributed by atoms with E-state index in [1.807, 2.05) is 43.3 Å². The molecule has 1 aromatic heterocycles. The summed E-state index contributed by atoms with van der Waals surface area (Å²) in [6, 6.07) is 7.98. The van der Waals surface area contributed by atoms with Crippen molar-refractivity contribution in [1.82, 2.24) is 9.36 Å². The van der Waals surface area contributed by atoms with Crippen LogP contribution in [0.15, 0.2) is 24.3 Å². The number of aromatic nitrogens is 2. The number of ether oxygens (including phenoxy) is 1. The summed E-state index contributed by atoms with van der Waals surface area (Å²) < 4.78 is 10.2. The maximum Gasteiger partial charge on any atom is 0.237 e. The normalized spacial score (nSPS) is 10.8. The van der Waals surface area contributed by atoms with E-state index in [0.29, 0.717) is 12.5 Å². The van der Waals surface area contributed by atoms with Gasteiger partial charge in [0.05, 0.1) is 12.2 Å². The first kappa shape index (κ1) is 13.8. The summed E-state index contributed by atoms with van der Waals surface area (Å²) >= 11 is 1.40. The minimum absolute atomic E-state index is 0.500. The molecule has 19 heavy (non-hydrogen) atoms. The Morgan fingerprint density at radius 3 is 2.63 bits per heavy atom. The lowest BCUT2D eigenvalue weighted by atomic mass is 10.2. The van der Waals surface area contributed by atoms with Crippen LogP contribution in [-0.4, -0.2) is 30.1 Å². The van der Waals surface area contributed by atoms with Crippen molar-refractivity contribution < 1.29 is 4.74 Å². The molecule has 1 heterocycles. The molecule has 0 aliphatic heterocycles. The topological polar surface area (TPSA) is 38.2 Å². The Hall–Kier alpha value is -1.62. The quantitative estimate of drug-likeness (QED) is 0.840. The van der Waals surface area contributed by atoms with Crippen LogP contribution in [0.2, 0.25) is 0 Å². The van der Waals surface area contributed by atoms with Crippen LogP contribution >= 0.6 is 11.5 Å². The summed E-state index contributed by atoms with van der Waals surface area (Å²) in [5.74, 6) is 2.11. The summed E-state index contributed by atoms with van der Waals surface area (Å²) in [4.78, 5) is 6.42. The molecule has 102 valence electrons. The molecule has 0 saturated carbocycles. The first-order valence-corrected chi connectivity index (χ1v) is 7.08.